The predicted molar refractivity (Wildman–Crippen MR) is 84.6 cm³/mol. The smallest absolute Gasteiger partial charge is 0.326 e. The van der Waals surface area contributed by atoms with Crippen LogP contribution in [0.3, 0.4) is 0 Å². The number of nitrogens with one attached hydrogen (secondary N) is 2. The van der Waals surface area contributed by atoms with Crippen LogP contribution in [0.15, 0.2) is 24.3 Å². The van der Waals surface area contributed by atoms with Crippen LogP contribution in [-0.4, -0.2) is 28.9 Å². The molecule has 1 aliphatic carbocycles. The van der Waals surface area contributed by atoms with Crippen LogP contribution in [0.2, 0.25) is 0 Å². The summed E-state index contributed by atoms with van der Waals surface area (Å²) in [6, 6.07) is 6.23. The number of aryl methyl sites for hydroxylation is 1. The van der Waals surface area contributed by atoms with E-state index >= 15 is 0 Å². The van der Waals surface area contributed by atoms with Crippen molar-refractivity contribution < 1.29 is 19.5 Å². The first kappa shape index (κ1) is 17.0. The van der Waals surface area contributed by atoms with Gasteiger partial charge in [-0.05, 0) is 31.2 Å². The van der Waals surface area contributed by atoms with E-state index in [0.29, 0.717) is 0 Å². The van der Waals surface area contributed by atoms with E-state index < -0.39 is 18.1 Å². The first-order valence-corrected chi connectivity index (χ1v) is 7.72. The molecule has 1 aromatic carbocycles. The minimum absolute atomic E-state index is 0.0130. The molecular weight excluding hydrogens is 296 g/mol. The average Bonchev–Trinajstić information content (AvgIpc) is 3.28. The molecule has 0 spiro atoms. The highest BCUT2D eigenvalue weighted by Gasteiger charge is 2.37. The molecule has 2 rings (SSSR count). The molecule has 2 amide bonds. The van der Waals surface area contributed by atoms with Crippen molar-refractivity contribution in [3.05, 3.63) is 35.4 Å². The lowest BCUT2D eigenvalue weighted by Gasteiger charge is -2.20. The van der Waals surface area contributed by atoms with Crippen molar-refractivity contribution in [2.24, 2.45) is 5.92 Å². The molecule has 0 saturated heterocycles. The maximum Gasteiger partial charge on any atom is 0.326 e. The summed E-state index contributed by atoms with van der Waals surface area (Å²) in [6.07, 6.45) is 1.66. The van der Waals surface area contributed by atoms with Gasteiger partial charge in [0.2, 0.25) is 11.8 Å². The second-order valence-corrected chi connectivity index (χ2v) is 6.09. The van der Waals surface area contributed by atoms with Crippen molar-refractivity contribution in [3.8, 4) is 0 Å². The summed E-state index contributed by atoms with van der Waals surface area (Å²) < 4.78 is 0. The summed E-state index contributed by atoms with van der Waals surface area (Å²) in [7, 11) is 0. The highest BCUT2D eigenvalue weighted by atomic mass is 16.4. The van der Waals surface area contributed by atoms with Crippen molar-refractivity contribution in [1.29, 1.82) is 0 Å². The Labute approximate surface area is 135 Å². The molecule has 6 nitrogen and oxygen atoms in total. The SMILES string of the molecule is CC(=O)NC(CC(=O)NC(C(=O)O)C1CC1)c1ccc(C)cc1. The zero-order chi connectivity index (χ0) is 17.0. The lowest BCUT2D eigenvalue weighted by Crippen LogP contribution is -2.43. The number of hydrogen-bond donors (Lipinski definition) is 3. The molecule has 0 aromatic heterocycles. The Bertz CT molecular complexity index is 593. The van der Waals surface area contributed by atoms with Gasteiger partial charge >= 0.3 is 5.97 Å². The van der Waals surface area contributed by atoms with Crippen LogP contribution in [0.25, 0.3) is 0 Å². The number of carbonyl (C=O) groups excluding carboxylic acids is 2. The number of rotatable bonds is 7. The second-order valence-electron chi connectivity index (χ2n) is 6.09. The van der Waals surface area contributed by atoms with Crippen LogP contribution < -0.4 is 10.6 Å². The maximum atomic E-state index is 12.2. The van der Waals surface area contributed by atoms with Crippen LogP contribution in [-0.2, 0) is 14.4 Å². The van der Waals surface area contributed by atoms with E-state index in [1.54, 1.807) is 0 Å². The minimum Gasteiger partial charge on any atom is -0.480 e. The molecule has 0 aliphatic heterocycles. The van der Waals surface area contributed by atoms with Gasteiger partial charge in [-0.1, -0.05) is 29.8 Å². The quantitative estimate of drug-likeness (QED) is 0.710. The summed E-state index contributed by atoms with van der Waals surface area (Å²) in [6.45, 7) is 3.35. The average molecular weight is 318 g/mol. The number of amides is 2. The van der Waals surface area contributed by atoms with Gasteiger partial charge in [0.1, 0.15) is 6.04 Å². The number of aliphatic carboxylic acids is 1. The molecule has 1 aromatic rings. The number of carboxylic acids is 1. The topological polar surface area (TPSA) is 95.5 Å². The van der Waals surface area contributed by atoms with Crippen LogP contribution in [0.1, 0.15) is 43.4 Å². The molecule has 0 heterocycles. The van der Waals surface area contributed by atoms with Crippen LogP contribution in [0.5, 0.6) is 0 Å². The van der Waals surface area contributed by atoms with E-state index in [0.717, 1.165) is 24.0 Å². The summed E-state index contributed by atoms with van der Waals surface area (Å²) in [5, 5.41) is 14.5. The van der Waals surface area contributed by atoms with Crippen molar-refractivity contribution in [2.75, 3.05) is 0 Å². The number of carboxylic acid groups (broad SMARTS) is 1. The van der Waals surface area contributed by atoms with Gasteiger partial charge in [-0.15, -0.1) is 0 Å². The van der Waals surface area contributed by atoms with E-state index in [9.17, 15) is 19.5 Å². The van der Waals surface area contributed by atoms with Gasteiger partial charge in [-0.2, -0.15) is 0 Å². The molecule has 23 heavy (non-hydrogen) atoms. The van der Waals surface area contributed by atoms with Gasteiger partial charge in [0, 0.05) is 6.92 Å². The van der Waals surface area contributed by atoms with E-state index in [1.807, 2.05) is 31.2 Å². The fourth-order valence-corrected chi connectivity index (χ4v) is 2.52. The van der Waals surface area contributed by atoms with E-state index in [-0.39, 0.29) is 24.2 Å². The second kappa shape index (κ2) is 7.26. The Balaban J connectivity index is 2.04. The standard InChI is InChI=1S/C17H22N2O4/c1-10-3-5-12(6-4-10)14(18-11(2)20)9-15(21)19-16(17(22)23)13-7-8-13/h3-6,13-14,16H,7-9H2,1-2H3,(H,18,20)(H,19,21)(H,22,23). The van der Waals surface area contributed by atoms with Crippen molar-refractivity contribution in [3.63, 3.8) is 0 Å². The van der Waals surface area contributed by atoms with E-state index in [1.165, 1.54) is 6.92 Å². The Hall–Kier alpha value is -2.37. The highest BCUT2D eigenvalue weighted by Crippen LogP contribution is 2.33. The summed E-state index contributed by atoms with van der Waals surface area (Å²) >= 11 is 0. The number of benzene rings is 1. The van der Waals surface area contributed by atoms with Crippen LogP contribution in [0.4, 0.5) is 0 Å². The third-order valence-electron chi connectivity index (χ3n) is 3.92. The van der Waals surface area contributed by atoms with Gasteiger partial charge in [-0.25, -0.2) is 4.79 Å². The molecule has 0 bridgehead atoms. The van der Waals surface area contributed by atoms with Gasteiger partial charge in [0.15, 0.2) is 0 Å². The normalized spacial score (nSPS) is 16.3. The van der Waals surface area contributed by atoms with Crippen molar-refractivity contribution in [1.82, 2.24) is 10.6 Å². The molecule has 0 radical (unpaired) electrons. The molecule has 1 fully saturated rings. The lowest BCUT2D eigenvalue weighted by atomic mass is 10.0. The summed E-state index contributed by atoms with van der Waals surface area (Å²) in [5.41, 5.74) is 1.90. The largest absolute Gasteiger partial charge is 0.480 e. The molecule has 1 saturated carbocycles. The molecular formula is C17H22N2O4. The monoisotopic (exact) mass is 318 g/mol. The Kier molecular flexibility index (Phi) is 5.36. The Morgan fingerprint density at radius 2 is 1.78 bits per heavy atom. The fraction of sp³-hybridized carbons (Fsp3) is 0.471. The third kappa shape index (κ3) is 5.09. The summed E-state index contributed by atoms with van der Waals surface area (Å²) in [5.74, 6) is -1.59. The van der Waals surface area contributed by atoms with Gasteiger partial charge in [0.05, 0.1) is 12.5 Å². The number of carbonyl (C=O) groups is 3. The summed E-state index contributed by atoms with van der Waals surface area (Å²) in [4.78, 5) is 34.8. The Morgan fingerprint density at radius 3 is 2.26 bits per heavy atom. The van der Waals surface area contributed by atoms with Crippen molar-refractivity contribution >= 4 is 17.8 Å². The first-order chi connectivity index (χ1) is 10.9. The molecule has 2 unspecified atom stereocenters. The zero-order valence-electron chi connectivity index (χ0n) is 13.3. The Morgan fingerprint density at radius 1 is 1.17 bits per heavy atom. The minimum atomic E-state index is -1.01. The molecule has 3 N–H and O–H groups in total. The lowest BCUT2D eigenvalue weighted by molar-refractivity contribution is -0.142. The fourth-order valence-electron chi connectivity index (χ4n) is 2.52. The van der Waals surface area contributed by atoms with E-state index in [4.69, 9.17) is 0 Å². The van der Waals surface area contributed by atoms with Crippen LogP contribution >= 0.6 is 0 Å². The van der Waals surface area contributed by atoms with Gasteiger partial charge < -0.3 is 15.7 Å². The van der Waals surface area contributed by atoms with E-state index in [2.05, 4.69) is 10.6 Å². The first-order valence-electron chi connectivity index (χ1n) is 7.72. The van der Waals surface area contributed by atoms with Gasteiger partial charge in [-0.3, -0.25) is 9.59 Å². The maximum absolute atomic E-state index is 12.2. The molecule has 1 aliphatic rings. The van der Waals surface area contributed by atoms with Crippen molar-refractivity contribution in [2.45, 2.75) is 45.2 Å². The predicted octanol–water partition coefficient (Wildman–Crippen LogP) is 1.54. The van der Waals surface area contributed by atoms with Crippen LogP contribution in [0, 0.1) is 12.8 Å². The molecule has 2 atom stereocenters. The van der Waals surface area contributed by atoms with Gasteiger partial charge in [0.25, 0.3) is 0 Å². The number of hydrogen-bond acceptors (Lipinski definition) is 3. The molecule has 124 valence electrons. The third-order valence-corrected chi connectivity index (χ3v) is 3.92. The molecule has 6 heteroatoms. The highest BCUT2D eigenvalue weighted by molar-refractivity contribution is 5.85. The zero-order valence-corrected chi connectivity index (χ0v) is 13.3.